The fourth-order valence-electron chi connectivity index (χ4n) is 11.7. The number of carboxylic acid groups (broad SMARTS) is 1. The molecule has 0 unspecified atom stereocenters. The van der Waals surface area contributed by atoms with E-state index in [1.165, 1.54) is 50.3 Å². The summed E-state index contributed by atoms with van der Waals surface area (Å²) in [6.45, 7) is 3.31. The van der Waals surface area contributed by atoms with Gasteiger partial charge in [-0.3, -0.25) is 24.0 Å². The van der Waals surface area contributed by atoms with E-state index in [-0.39, 0.29) is 63.3 Å². The first-order chi connectivity index (χ1) is 38.3. The monoisotopic (exact) mass is 1090 g/mol. The number of carboxylic acids is 1. The first-order valence-electron chi connectivity index (χ1n) is 27.7. The number of nitrogens with zero attached hydrogens (tertiary/aromatic N) is 3. The van der Waals surface area contributed by atoms with Crippen molar-refractivity contribution < 1.29 is 58.3 Å². The number of fused-ring (bicyclic) bond motifs is 4. The molecule has 0 fully saturated rings. The Balaban J connectivity index is 0.795. The van der Waals surface area contributed by atoms with Gasteiger partial charge in [0.1, 0.15) is 55.1 Å². The average molecular weight is 1090 g/mol. The number of aliphatic carboxylic acids is 1. The van der Waals surface area contributed by atoms with Crippen molar-refractivity contribution in [1.82, 2.24) is 30.7 Å². The Morgan fingerprint density at radius 2 is 1.48 bits per heavy atom. The minimum Gasteiger partial charge on any atom is -0.508 e. The summed E-state index contributed by atoms with van der Waals surface area (Å²) in [6, 6.07) is 14.4. The number of unbranched alkanes of at least 4 members (excludes halogenated alkanes) is 1. The molecule has 0 aliphatic carbocycles. The molecule has 20 heteroatoms. The van der Waals surface area contributed by atoms with Crippen molar-refractivity contribution in [2.75, 3.05) is 90.8 Å². The molecule has 0 saturated heterocycles. The molecule has 5 amide bonds. The van der Waals surface area contributed by atoms with Gasteiger partial charge in [-0.25, -0.2) is 9.37 Å². The number of aliphatic hydroxyl groups excluding tert-OH is 1. The number of rotatable bonds is 25. The van der Waals surface area contributed by atoms with Crippen LogP contribution in [0.1, 0.15) is 94.2 Å². The summed E-state index contributed by atoms with van der Waals surface area (Å²) in [5.74, 6) is -2.51. The number of phenols is 1. The number of carbonyl (C=O) groups excluding carboxylic acids is 5. The number of phenolic OH excluding ortho intramolecular Hbond substituents is 1. The van der Waals surface area contributed by atoms with Gasteiger partial charge in [0.25, 0.3) is 5.91 Å². The van der Waals surface area contributed by atoms with Gasteiger partial charge >= 0.3 is 5.97 Å². The van der Waals surface area contributed by atoms with Crippen LogP contribution in [0.25, 0.3) is 5.57 Å². The zero-order chi connectivity index (χ0) is 55.6. The second kappa shape index (κ2) is 26.0. The highest BCUT2D eigenvalue weighted by atomic mass is 16.5. The molecule has 3 atom stereocenters. The van der Waals surface area contributed by atoms with E-state index in [0.29, 0.717) is 30.5 Å². The molecule has 0 bridgehead atoms. The van der Waals surface area contributed by atoms with Gasteiger partial charge in [0, 0.05) is 84.7 Å². The van der Waals surface area contributed by atoms with Gasteiger partial charge in [-0.2, -0.15) is 0 Å². The number of hydrogen-bond acceptors (Lipinski definition) is 13. The summed E-state index contributed by atoms with van der Waals surface area (Å²) >= 11 is 0. The normalized spacial score (nSPS) is 15.9. The summed E-state index contributed by atoms with van der Waals surface area (Å²) in [7, 11) is 1.63. The Morgan fingerprint density at radius 3 is 2.25 bits per heavy atom. The predicted molar refractivity (Wildman–Crippen MR) is 294 cm³/mol. The zero-order valence-corrected chi connectivity index (χ0v) is 44.9. The van der Waals surface area contributed by atoms with Crippen molar-refractivity contribution in [3.05, 3.63) is 116 Å². The number of hydrogen-bond donors (Lipinski definition) is 8. The lowest BCUT2D eigenvalue weighted by Gasteiger charge is -2.39. The second-order valence-corrected chi connectivity index (χ2v) is 21.0. The van der Waals surface area contributed by atoms with Crippen LogP contribution in [0.5, 0.6) is 17.2 Å². The van der Waals surface area contributed by atoms with E-state index in [9.17, 15) is 44.1 Å². The standard InChI is InChI=1S/C59H72N8O12/c1-65(33-49(70)61-22-27-77-28-29-78-35-50(71)62-47(30-36-17-19-39(69)20-18-36)57(73)63-46(16-4-5-21-60)56(72)64-48(34-68)59(75)76)58(74)41-13-3-2-12-40(41)51-44-31-37-10-6-23-66-25-8-14-42(52(37)66)54(44)79-55-43-15-9-26-67-24-7-11-38(53(43)67)32-45(51)55/h2-3,12-13,17-20,31-32,46-48,68H,4-11,14-16,21-30,33-35,60H2,1H3,(H5-,61,62,63,64,69,70,71,72,73,75,76)/p+1/t46-,47-,48-/m0/s1. The van der Waals surface area contributed by atoms with Crippen LogP contribution >= 0.6 is 0 Å². The van der Waals surface area contributed by atoms with E-state index in [4.69, 9.17) is 19.9 Å². The lowest BCUT2D eigenvalue weighted by molar-refractivity contribution is -0.143. The number of aromatic hydroxyl groups is 1. The molecule has 20 nitrogen and oxygen atoms in total. The van der Waals surface area contributed by atoms with Crippen molar-refractivity contribution in [2.24, 2.45) is 5.73 Å². The largest absolute Gasteiger partial charge is 0.508 e. The van der Waals surface area contributed by atoms with Gasteiger partial charge in [-0.05, 0) is 111 Å². The molecule has 420 valence electrons. The van der Waals surface area contributed by atoms with Crippen LogP contribution in [0.3, 0.4) is 0 Å². The molecule has 0 radical (unpaired) electrons. The van der Waals surface area contributed by atoms with Crippen molar-refractivity contribution in [1.29, 1.82) is 0 Å². The molecular weight excluding hydrogens is 1010 g/mol. The van der Waals surface area contributed by atoms with Gasteiger partial charge in [-0.1, -0.05) is 30.3 Å². The van der Waals surface area contributed by atoms with Crippen molar-refractivity contribution in [3.8, 4) is 17.2 Å². The number of aryl methyl sites for hydroxylation is 2. The Morgan fingerprint density at radius 1 is 0.772 bits per heavy atom. The van der Waals surface area contributed by atoms with Crippen LogP contribution in [-0.2, 0) is 65.6 Å². The van der Waals surface area contributed by atoms with Crippen LogP contribution in [0.4, 0.5) is 5.69 Å². The lowest BCUT2D eigenvalue weighted by Crippen LogP contribution is -2.57. The Kier molecular flexibility index (Phi) is 18.6. The molecule has 0 aromatic heterocycles. The lowest BCUT2D eigenvalue weighted by atomic mass is 9.81. The van der Waals surface area contributed by atoms with Crippen LogP contribution < -0.4 is 51.8 Å². The third kappa shape index (κ3) is 13.0. The quantitative estimate of drug-likeness (QED) is 0.0299. The molecule has 9 rings (SSSR count). The number of anilines is 1. The SMILES string of the molecule is CN(CC(=O)NCCOCCOCC(=O)N[C@@H](Cc1ccc(O)cc1)C(=O)N[C@@H](CCCCN)C(=O)N[C@@H](CO)C(=O)O)C(=O)c1ccccc1C1=c2cc3c4c(c2Oc2c1cc1c5c2CCCN5CCC1)CCC[N+]=4CCC3. The summed E-state index contributed by atoms with van der Waals surface area (Å²) in [6.07, 6.45) is 9.13. The number of nitrogens with two attached hydrogens (primary N) is 1. The van der Waals surface area contributed by atoms with E-state index in [2.05, 4.69) is 42.9 Å². The molecule has 4 aromatic rings. The number of carbonyl (C=O) groups is 6. The van der Waals surface area contributed by atoms with E-state index >= 15 is 0 Å². The molecular formula is C59H73N8O12+. The summed E-state index contributed by atoms with van der Waals surface area (Å²) in [5.41, 5.74) is 16.1. The molecule has 5 aliphatic heterocycles. The second-order valence-electron chi connectivity index (χ2n) is 21.0. The molecule has 79 heavy (non-hydrogen) atoms. The maximum absolute atomic E-state index is 14.6. The predicted octanol–water partition coefficient (Wildman–Crippen LogP) is 0.952. The zero-order valence-electron chi connectivity index (χ0n) is 44.9. The maximum atomic E-state index is 14.6. The third-order valence-electron chi connectivity index (χ3n) is 15.4. The number of benzene rings is 4. The summed E-state index contributed by atoms with van der Waals surface area (Å²) < 4.78 is 21.0. The van der Waals surface area contributed by atoms with Crippen LogP contribution in [0, 0.1) is 0 Å². The fourth-order valence-corrected chi connectivity index (χ4v) is 11.7. The number of ether oxygens (including phenoxy) is 3. The molecule has 0 spiro atoms. The van der Waals surface area contributed by atoms with Crippen LogP contribution in [0.2, 0.25) is 0 Å². The Hall–Kier alpha value is -7.39. The highest BCUT2D eigenvalue weighted by Gasteiger charge is 2.37. The van der Waals surface area contributed by atoms with Crippen LogP contribution in [0.15, 0.2) is 60.7 Å². The van der Waals surface area contributed by atoms with Crippen molar-refractivity contribution in [3.63, 3.8) is 0 Å². The first kappa shape index (κ1) is 56.3. The van der Waals surface area contributed by atoms with Gasteiger partial charge in [0.15, 0.2) is 0 Å². The number of aliphatic hydroxyl groups is 1. The van der Waals surface area contributed by atoms with Gasteiger partial charge in [-0.15, -0.1) is 0 Å². The highest BCUT2D eigenvalue weighted by Crippen LogP contribution is 2.49. The van der Waals surface area contributed by atoms with Crippen molar-refractivity contribution >= 4 is 46.8 Å². The van der Waals surface area contributed by atoms with Crippen molar-refractivity contribution in [2.45, 2.75) is 95.2 Å². The van der Waals surface area contributed by atoms with E-state index < -0.39 is 55.0 Å². The van der Waals surface area contributed by atoms with Gasteiger partial charge in [0.2, 0.25) is 29.0 Å². The average Bonchev–Trinajstić information content (AvgIpc) is 3.50. The minimum atomic E-state index is -1.59. The smallest absolute Gasteiger partial charge is 0.328 e. The molecule has 5 aliphatic rings. The summed E-state index contributed by atoms with van der Waals surface area (Å²) in [5, 5.41) is 41.2. The van der Waals surface area contributed by atoms with Crippen LogP contribution in [-0.4, -0.2) is 160 Å². The topological polar surface area (TPSA) is 274 Å². The Bertz CT molecular complexity index is 3090. The molecule has 5 heterocycles. The molecule has 9 N–H and O–H groups in total. The van der Waals surface area contributed by atoms with E-state index in [1.54, 1.807) is 19.2 Å². The summed E-state index contributed by atoms with van der Waals surface area (Å²) in [4.78, 5) is 83.3. The van der Waals surface area contributed by atoms with E-state index in [1.807, 2.05) is 24.3 Å². The minimum absolute atomic E-state index is 0.00303. The van der Waals surface area contributed by atoms with E-state index in [0.717, 1.165) is 111 Å². The number of amides is 5. The third-order valence-corrected chi connectivity index (χ3v) is 15.4. The maximum Gasteiger partial charge on any atom is 0.328 e. The number of likely N-dealkylation sites (N-methyl/N-ethyl adjacent to an activating group) is 1. The fraction of sp³-hybridized carbons (Fsp3) is 0.475. The first-order valence-corrected chi connectivity index (χ1v) is 27.7. The highest BCUT2D eigenvalue weighted by molar-refractivity contribution is 6.03. The Labute approximate surface area is 459 Å². The molecule has 0 saturated carbocycles. The number of nitrogens with one attached hydrogen (secondary N) is 4. The van der Waals surface area contributed by atoms with Gasteiger partial charge in [0.05, 0.1) is 38.5 Å². The van der Waals surface area contributed by atoms with Gasteiger partial charge < -0.3 is 66.3 Å². The molecule has 4 aromatic carbocycles.